The highest BCUT2D eigenvalue weighted by Crippen LogP contribution is 2.25. The lowest BCUT2D eigenvalue weighted by Crippen LogP contribution is -2.48. The summed E-state index contributed by atoms with van der Waals surface area (Å²) in [5.41, 5.74) is 0. The number of carbonyl (C=O) groups is 1. The summed E-state index contributed by atoms with van der Waals surface area (Å²) in [6.07, 6.45) is 3.43. The molecule has 8 heteroatoms. The Labute approximate surface area is 142 Å². The van der Waals surface area contributed by atoms with Gasteiger partial charge >= 0.3 is 0 Å². The molecular weight excluding hydrogens is 310 g/mol. The molecule has 8 nitrogen and oxygen atoms in total. The number of hydrogen-bond donors (Lipinski definition) is 1. The number of likely N-dealkylation sites (tertiary alicyclic amines) is 1. The maximum Gasteiger partial charge on any atom is 0.244 e. The maximum absolute atomic E-state index is 12.4. The van der Waals surface area contributed by atoms with E-state index in [0.717, 1.165) is 19.6 Å². The lowest BCUT2D eigenvalue weighted by atomic mass is 9.96. The van der Waals surface area contributed by atoms with Crippen LogP contribution in [0.4, 0.5) is 0 Å². The topological polar surface area (TPSA) is 83.7 Å². The monoisotopic (exact) mass is 337 g/mol. The summed E-state index contributed by atoms with van der Waals surface area (Å²) in [5.74, 6) is 0.468. The predicted octanol–water partition coefficient (Wildman–Crippen LogP) is -0.546. The molecule has 0 bridgehead atoms. The van der Waals surface area contributed by atoms with Gasteiger partial charge in [0.25, 0.3) is 0 Å². The summed E-state index contributed by atoms with van der Waals surface area (Å²) in [7, 11) is 0. The minimum absolute atomic E-state index is 0.0326. The molecular formula is C16H27N5O3. The first-order valence-corrected chi connectivity index (χ1v) is 8.64. The SMILES string of the molecule is C[C@@H]1CN(C[C@H]2CN(C(=O)Cn3cncn3)C[C@H]2CO)C[C@H](C)O1. The van der Waals surface area contributed by atoms with Crippen LogP contribution in [0.1, 0.15) is 13.8 Å². The molecule has 2 fully saturated rings. The van der Waals surface area contributed by atoms with Crippen molar-refractivity contribution in [3.63, 3.8) is 0 Å². The van der Waals surface area contributed by atoms with Crippen molar-refractivity contribution in [2.45, 2.75) is 32.6 Å². The average Bonchev–Trinajstić information content (AvgIpc) is 3.15. The van der Waals surface area contributed by atoms with Crippen LogP contribution in [0.25, 0.3) is 0 Å². The molecule has 0 aromatic carbocycles. The lowest BCUT2D eigenvalue weighted by Gasteiger charge is -2.37. The Balaban J connectivity index is 1.56. The highest BCUT2D eigenvalue weighted by atomic mass is 16.5. The van der Waals surface area contributed by atoms with E-state index >= 15 is 0 Å². The van der Waals surface area contributed by atoms with Crippen molar-refractivity contribution in [1.82, 2.24) is 24.6 Å². The second-order valence-corrected chi connectivity index (χ2v) is 7.07. The van der Waals surface area contributed by atoms with Crippen molar-refractivity contribution in [2.24, 2.45) is 11.8 Å². The molecule has 0 unspecified atom stereocenters. The fourth-order valence-electron chi connectivity index (χ4n) is 3.87. The molecule has 2 aliphatic rings. The Hall–Kier alpha value is -1.51. The summed E-state index contributed by atoms with van der Waals surface area (Å²) in [6, 6.07) is 0. The summed E-state index contributed by atoms with van der Waals surface area (Å²) in [6.45, 7) is 8.53. The van der Waals surface area contributed by atoms with Gasteiger partial charge in [-0.15, -0.1) is 0 Å². The number of nitrogens with zero attached hydrogens (tertiary/aromatic N) is 5. The summed E-state index contributed by atoms with van der Waals surface area (Å²) in [5, 5.41) is 13.7. The van der Waals surface area contributed by atoms with E-state index in [-0.39, 0.29) is 37.2 Å². The maximum atomic E-state index is 12.4. The number of aliphatic hydroxyl groups excluding tert-OH is 1. The molecule has 134 valence electrons. The zero-order valence-electron chi connectivity index (χ0n) is 14.4. The van der Waals surface area contributed by atoms with Crippen LogP contribution in [0.2, 0.25) is 0 Å². The molecule has 2 saturated heterocycles. The number of aromatic nitrogens is 3. The van der Waals surface area contributed by atoms with Gasteiger partial charge < -0.3 is 14.7 Å². The molecule has 1 N–H and O–H groups in total. The zero-order chi connectivity index (χ0) is 17.1. The third-order valence-electron chi connectivity index (χ3n) is 4.92. The van der Waals surface area contributed by atoms with Gasteiger partial charge in [0.05, 0.1) is 12.2 Å². The minimum atomic E-state index is 0.0326. The van der Waals surface area contributed by atoms with Crippen molar-refractivity contribution >= 4 is 5.91 Å². The highest BCUT2D eigenvalue weighted by Gasteiger charge is 2.36. The van der Waals surface area contributed by atoms with E-state index in [4.69, 9.17) is 4.74 Å². The van der Waals surface area contributed by atoms with E-state index in [9.17, 15) is 9.90 Å². The van der Waals surface area contributed by atoms with Gasteiger partial charge in [-0.05, 0) is 19.8 Å². The van der Waals surface area contributed by atoms with Crippen LogP contribution in [0.3, 0.4) is 0 Å². The number of morpholine rings is 1. The van der Waals surface area contributed by atoms with Gasteiger partial charge in [0.15, 0.2) is 0 Å². The highest BCUT2D eigenvalue weighted by molar-refractivity contribution is 5.76. The van der Waals surface area contributed by atoms with Crippen LogP contribution < -0.4 is 0 Å². The van der Waals surface area contributed by atoms with E-state index < -0.39 is 0 Å². The van der Waals surface area contributed by atoms with Crippen LogP contribution in [0.5, 0.6) is 0 Å². The Morgan fingerprint density at radius 3 is 2.54 bits per heavy atom. The molecule has 1 amide bonds. The quantitative estimate of drug-likeness (QED) is 0.776. The van der Waals surface area contributed by atoms with E-state index in [1.165, 1.54) is 11.0 Å². The number of rotatable bonds is 5. The second kappa shape index (κ2) is 7.58. The molecule has 1 aromatic rings. The second-order valence-electron chi connectivity index (χ2n) is 7.07. The summed E-state index contributed by atoms with van der Waals surface area (Å²) in [4.78, 5) is 20.5. The van der Waals surface area contributed by atoms with Crippen molar-refractivity contribution in [3.05, 3.63) is 12.7 Å². The van der Waals surface area contributed by atoms with Gasteiger partial charge in [-0.1, -0.05) is 0 Å². The molecule has 3 rings (SSSR count). The molecule has 0 saturated carbocycles. The van der Waals surface area contributed by atoms with E-state index in [0.29, 0.717) is 19.0 Å². The van der Waals surface area contributed by atoms with E-state index in [2.05, 4.69) is 28.8 Å². The van der Waals surface area contributed by atoms with Crippen LogP contribution in [0.15, 0.2) is 12.7 Å². The van der Waals surface area contributed by atoms with Gasteiger partial charge in [0, 0.05) is 45.2 Å². The largest absolute Gasteiger partial charge is 0.396 e. The molecule has 24 heavy (non-hydrogen) atoms. The standard InChI is InChI=1S/C16H27N5O3/c1-12-3-19(4-13(2)24-12)5-14-6-20(7-15(14)9-22)16(23)8-21-11-17-10-18-21/h10-15,22H,3-9H2,1-2H3/t12-,13+,14-,15-/m0/s1. The first-order valence-electron chi connectivity index (χ1n) is 8.64. The lowest BCUT2D eigenvalue weighted by molar-refractivity contribution is -0.131. The number of amides is 1. The normalized spacial score (nSPS) is 31.5. The van der Waals surface area contributed by atoms with Crippen molar-refractivity contribution in [2.75, 3.05) is 39.3 Å². The van der Waals surface area contributed by atoms with Gasteiger partial charge in [0.2, 0.25) is 5.91 Å². The third-order valence-corrected chi connectivity index (χ3v) is 4.92. The third kappa shape index (κ3) is 4.12. The first-order chi connectivity index (χ1) is 11.5. The molecule has 2 aliphatic heterocycles. The molecule has 0 spiro atoms. The Kier molecular flexibility index (Phi) is 5.47. The molecule has 3 heterocycles. The van der Waals surface area contributed by atoms with Gasteiger partial charge in [-0.2, -0.15) is 5.10 Å². The number of carbonyl (C=O) groups excluding carboxylic acids is 1. The average molecular weight is 337 g/mol. The molecule has 0 aliphatic carbocycles. The van der Waals surface area contributed by atoms with E-state index in [1.54, 1.807) is 6.33 Å². The van der Waals surface area contributed by atoms with Crippen molar-refractivity contribution < 1.29 is 14.6 Å². The van der Waals surface area contributed by atoms with Crippen LogP contribution in [-0.2, 0) is 16.1 Å². The fraction of sp³-hybridized carbons (Fsp3) is 0.812. The molecule has 0 radical (unpaired) electrons. The van der Waals surface area contributed by atoms with Crippen molar-refractivity contribution in [3.8, 4) is 0 Å². The number of hydrogen-bond acceptors (Lipinski definition) is 6. The van der Waals surface area contributed by atoms with Gasteiger partial charge in [-0.3, -0.25) is 9.69 Å². The molecule has 4 atom stereocenters. The number of aliphatic hydroxyl groups is 1. The molecule has 1 aromatic heterocycles. The number of ether oxygens (including phenoxy) is 1. The van der Waals surface area contributed by atoms with Gasteiger partial charge in [-0.25, -0.2) is 9.67 Å². The Morgan fingerprint density at radius 2 is 1.92 bits per heavy atom. The Bertz CT molecular complexity index is 528. The smallest absolute Gasteiger partial charge is 0.244 e. The fourth-order valence-corrected chi connectivity index (χ4v) is 3.87. The van der Waals surface area contributed by atoms with Crippen LogP contribution in [0, 0.1) is 11.8 Å². The Morgan fingerprint density at radius 1 is 1.21 bits per heavy atom. The van der Waals surface area contributed by atoms with E-state index in [1.807, 2.05) is 4.90 Å². The predicted molar refractivity (Wildman–Crippen MR) is 87.1 cm³/mol. The summed E-state index contributed by atoms with van der Waals surface area (Å²) < 4.78 is 7.32. The zero-order valence-corrected chi connectivity index (χ0v) is 14.4. The van der Waals surface area contributed by atoms with Crippen LogP contribution in [-0.4, -0.2) is 87.1 Å². The van der Waals surface area contributed by atoms with Gasteiger partial charge in [0.1, 0.15) is 19.2 Å². The summed E-state index contributed by atoms with van der Waals surface area (Å²) >= 11 is 0. The first kappa shape index (κ1) is 17.3. The van der Waals surface area contributed by atoms with Crippen molar-refractivity contribution in [1.29, 1.82) is 0 Å². The van der Waals surface area contributed by atoms with Crippen LogP contribution >= 0.6 is 0 Å². The minimum Gasteiger partial charge on any atom is -0.396 e.